The average molecular weight is 296 g/mol. The average Bonchev–Trinajstić information content (AvgIpc) is 2.64. The van der Waals surface area contributed by atoms with Crippen LogP contribution < -0.4 is 0 Å². The molecule has 0 aromatic heterocycles. The molecule has 2 amide bonds. The van der Waals surface area contributed by atoms with Crippen LogP contribution in [0.15, 0.2) is 0 Å². The molecular formula is C15H24N2O4. The fourth-order valence-electron chi connectivity index (χ4n) is 3.17. The molecule has 2 aliphatic rings. The molecule has 0 radical (unpaired) electrons. The molecule has 2 rings (SSSR count). The van der Waals surface area contributed by atoms with Gasteiger partial charge in [0.25, 0.3) is 0 Å². The van der Waals surface area contributed by atoms with Crippen LogP contribution in [0.2, 0.25) is 0 Å². The monoisotopic (exact) mass is 296 g/mol. The third-order valence-electron chi connectivity index (χ3n) is 4.33. The van der Waals surface area contributed by atoms with Crippen LogP contribution in [-0.2, 0) is 14.4 Å². The van der Waals surface area contributed by atoms with E-state index in [2.05, 4.69) is 0 Å². The van der Waals surface area contributed by atoms with Crippen LogP contribution in [-0.4, -0.2) is 58.9 Å². The number of carboxylic acid groups (broad SMARTS) is 1. The van der Waals surface area contributed by atoms with Crippen LogP contribution >= 0.6 is 0 Å². The van der Waals surface area contributed by atoms with E-state index in [0.29, 0.717) is 26.1 Å². The maximum absolute atomic E-state index is 12.3. The van der Waals surface area contributed by atoms with Crippen molar-refractivity contribution in [2.75, 3.05) is 26.2 Å². The first-order valence-electron chi connectivity index (χ1n) is 7.83. The van der Waals surface area contributed by atoms with Gasteiger partial charge in [0, 0.05) is 32.5 Å². The standard InChI is InChI=1S/C15H24N2O4/c18-13-6-2-1-3-7-17(13)11-14(19)16-8-4-5-12(10-16)9-15(20)21/h12H,1-11H2,(H,20,21). The van der Waals surface area contributed by atoms with E-state index in [1.165, 1.54) is 0 Å². The van der Waals surface area contributed by atoms with E-state index in [9.17, 15) is 14.4 Å². The maximum atomic E-state index is 12.3. The number of carbonyl (C=O) groups is 3. The van der Waals surface area contributed by atoms with Crippen molar-refractivity contribution in [1.82, 2.24) is 9.80 Å². The summed E-state index contributed by atoms with van der Waals surface area (Å²) in [5.74, 6) is -0.739. The highest BCUT2D eigenvalue weighted by Gasteiger charge is 2.27. The van der Waals surface area contributed by atoms with E-state index in [-0.39, 0.29) is 30.7 Å². The van der Waals surface area contributed by atoms with Crippen molar-refractivity contribution in [2.45, 2.75) is 44.9 Å². The molecule has 0 saturated carbocycles. The first kappa shape index (κ1) is 15.8. The number of hydrogen-bond acceptors (Lipinski definition) is 3. The Morgan fingerprint density at radius 2 is 1.95 bits per heavy atom. The highest BCUT2D eigenvalue weighted by atomic mass is 16.4. The minimum absolute atomic E-state index is 0.0414. The van der Waals surface area contributed by atoms with Gasteiger partial charge in [0.15, 0.2) is 0 Å². The highest BCUT2D eigenvalue weighted by Crippen LogP contribution is 2.20. The number of piperidine rings is 1. The van der Waals surface area contributed by atoms with Crippen LogP contribution in [0.4, 0.5) is 0 Å². The van der Waals surface area contributed by atoms with Crippen LogP contribution in [0, 0.1) is 5.92 Å². The van der Waals surface area contributed by atoms with Crippen molar-refractivity contribution in [1.29, 1.82) is 0 Å². The summed E-state index contributed by atoms with van der Waals surface area (Å²) in [4.78, 5) is 38.4. The molecule has 1 atom stereocenters. The number of carboxylic acids is 1. The number of nitrogens with zero attached hydrogens (tertiary/aromatic N) is 2. The molecule has 2 aliphatic heterocycles. The zero-order valence-corrected chi connectivity index (χ0v) is 12.4. The van der Waals surface area contributed by atoms with Crippen molar-refractivity contribution in [3.8, 4) is 0 Å². The van der Waals surface area contributed by atoms with E-state index in [0.717, 1.165) is 32.1 Å². The van der Waals surface area contributed by atoms with Crippen LogP contribution in [0.5, 0.6) is 0 Å². The lowest BCUT2D eigenvalue weighted by molar-refractivity contribution is -0.143. The van der Waals surface area contributed by atoms with Gasteiger partial charge in [-0.25, -0.2) is 0 Å². The Morgan fingerprint density at radius 3 is 2.71 bits per heavy atom. The summed E-state index contributed by atoms with van der Waals surface area (Å²) >= 11 is 0. The van der Waals surface area contributed by atoms with Crippen LogP contribution in [0.25, 0.3) is 0 Å². The number of rotatable bonds is 4. The summed E-state index contributed by atoms with van der Waals surface area (Å²) in [6, 6.07) is 0. The molecule has 118 valence electrons. The second-order valence-corrected chi connectivity index (χ2v) is 6.07. The molecule has 6 heteroatoms. The summed E-state index contributed by atoms with van der Waals surface area (Å²) in [6.07, 6.45) is 5.27. The highest BCUT2D eigenvalue weighted by molar-refractivity contribution is 5.85. The molecule has 0 aromatic rings. The number of aliphatic carboxylic acids is 1. The van der Waals surface area contributed by atoms with E-state index in [4.69, 9.17) is 5.11 Å². The lowest BCUT2D eigenvalue weighted by atomic mass is 9.95. The third kappa shape index (κ3) is 4.72. The van der Waals surface area contributed by atoms with Gasteiger partial charge in [0.05, 0.1) is 6.54 Å². The molecule has 0 aliphatic carbocycles. The van der Waals surface area contributed by atoms with Gasteiger partial charge in [-0.2, -0.15) is 0 Å². The fraction of sp³-hybridized carbons (Fsp3) is 0.800. The van der Waals surface area contributed by atoms with Gasteiger partial charge in [-0.1, -0.05) is 6.42 Å². The Hall–Kier alpha value is -1.59. The SMILES string of the molecule is O=C(O)CC1CCCN(C(=O)CN2CCCCCC2=O)C1. The summed E-state index contributed by atoms with van der Waals surface area (Å²) in [5, 5.41) is 8.86. The maximum Gasteiger partial charge on any atom is 0.303 e. The van der Waals surface area contributed by atoms with Crippen LogP contribution in [0.1, 0.15) is 44.9 Å². The Labute approximate surface area is 125 Å². The Bertz CT molecular complexity index is 410. The Morgan fingerprint density at radius 1 is 1.14 bits per heavy atom. The Balaban J connectivity index is 1.86. The predicted octanol–water partition coefficient (Wildman–Crippen LogP) is 1.10. The third-order valence-corrected chi connectivity index (χ3v) is 4.33. The van der Waals surface area contributed by atoms with E-state index in [1.807, 2.05) is 0 Å². The largest absolute Gasteiger partial charge is 0.481 e. The molecule has 0 bridgehead atoms. The first-order valence-corrected chi connectivity index (χ1v) is 7.83. The zero-order chi connectivity index (χ0) is 15.2. The molecule has 0 spiro atoms. The van der Waals surface area contributed by atoms with Crippen molar-refractivity contribution >= 4 is 17.8 Å². The molecule has 0 aromatic carbocycles. The summed E-state index contributed by atoms with van der Waals surface area (Å²) in [6.45, 7) is 2.00. The van der Waals surface area contributed by atoms with Crippen molar-refractivity contribution in [3.63, 3.8) is 0 Å². The van der Waals surface area contributed by atoms with E-state index < -0.39 is 5.97 Å². The molecule has 2 heterocycles. The topological polar surface area (TPSA) is 77.9 Å². The number of carbonyl (C=O) groups excluding carboxylic acids is 2. The van der Waals surface area contributed by atoms with Gasteiger partial charge >= 0.3 is 5.97 Å². The Kier molecular flexibility index (Phi) is 5.59. The van der Waals surface area contributed by atoms with Crippen molar-refractivity contribution in [3.05, 3.63) is 0 Å². The molecule has 2 saturated heterocycles. The minimum atomic E-state index is -0.808. The first-order chi connectivity index (χ1) is 10.1. The molecule has 1 N–H and O–H groups in total. The smallest absolute Gasteiger partial charge is 0.303 e. The van der Waals surface area contributed by atoms with Gasteiger partial charge in [-0.15, -0.1) is 0 Å². The minimum Gasteiger partial charge on any atom is -0.481 e. The molecule has 1 unspecified atom stereocenters. The summed E-state index contributed by atoms with van der Waals surface area (Å²) < 4.78 is 0. The van der Waals surface area contributed by atoms with Gasteiger partial charge in [-0.05, 0) is 31.6 Å². The van der Waals surface area contributed by atoms with Crippen LogP contribution in [0.3, 0.4) is 0 Å². The number of amides is 2. The normalized spacial score (nSPS) is 23.8. The van der Waals surface area contributed by atoms with E-state index >= 15 is 0 Å². The number of hydrogen-bond donors (Lipinski definition) is 1. The second-order valence-electron chi connectivity index (χ2n) is 6.07. The predicted molar refractivity (Wildman–Crippen MR) is 76.6 cm³/mol. The second kappa shape index (κ2) is 7.43. The zero-order valence-electron chi connectivity index (χ0n) is 12.4. The number of likely N-dealkylation sites (tertiary alicyclic amines) is 2. The lowest BCUT2D eigenvalue weighted by Crippen LogP contribution is -2.46. The summed E-state index contributed by atoms with van der Waals surface area (Å²) in [7, 11) is 0. The van der Waals surface area contributed by atoms with Gasteiger partial charge in [0.2, 0.25) is 11.8 Å². The van der Waals surface area contributed by atoms with Crippen molar-refractivity contribution < 1.29 is 19.5 Å². The van der Waals surface area contributed by atoms with Gasteiger partial charge < -0.3 is 14.9 Å². The quantitative estimate of drug-likeness (QED) is 0.842. The summed E-state index contributed by atoms with van der Waals surface area (Å²) in [5.41, 5.74) is 0. The molecule has 6 nitrogen and oxygen atoms in total. The van der Waals surface area contributed by atoms with Gasteiger partial charge in [0.1, 0.15) is 0 Å². The van der Waals surface area contributed by atoms with Crippen molar-refractivity contribution in [2.24, 2.45) is 5.92 Å². The fourth-order valence-corrected chi connectivity index (χ4v) is 3.17. The molecule has 21 heavy (non-hydrogen) atoms. The lowest BCUT2D eigenvalue weighted by Gasteiger charge is -2.33. The molecular weight excluding hydrogens is 272 g/mol. The van der Waals surface area contributed by atoms with Gasteiger partial charge in [-0.3, -0.25) is 14.4 Å². The van der Waals surface area contributed by atoms with E-state index in [1.54, 1.807) is 9.80 Å². The molecule has 2 fully saturated rings.